The number of nitrogens with zero attached hydrogens (tertiary/aromatic N) is 7. The van der Waals surface area contributed by atoms with Gasteiger partial charge in [-0.15, -0.1) is 12.4 Å². The number of ether oxygens (including phenoxy) is 2. The summed E-state index contributed by atoms with van der Waals surface area (Å²) in [6.45, 7) is 5.97. The molecule has 180 valence electrons. The number of benzene rings is 1. The molecule has 1 saturated heterocycles. The fourth-order valence-electron chi connectivity index (χ4n) is 4.25. The molecular formula is C22H27ClN8O3. The first-order chi connectivity index (χ1) is 16.0. The Labute approximate surface area is 203 Å². The Balaban J connectivity index is 0.00000274. The summed E-state index contributed by atoms with van der Waals surface area (Å²) < 4.78 is 10.8. The molecule has 0 aliphatic carbocycles. The van der Waals surface area contributed by atoms with E-state index >= 15 is 0 Å². The van der Waals surface area contributed by atoms with E-state index in [1.807, 2.05) is 13.0 Å². The third-order valence-corrected chi connectivity index (χ3v) is 6.16. The number of methoxy groups -OCH3 is 2. The van der Waals surface area contributed by atoms with Crippen LogP contribution in [0.1, 0.15) is 23.0 Å². The van der Waals surface area contributed by atoms with E-state index in [-0.39, 0.29) is 18.3 Å². The SMILES string of the molecule is CCN1Cc2nc(N3CCN(c4nc(N)c5cc(OC)c(OC)cc5n4)CC3)ncc2C1=O.Cl. The lowest BCUT2D eigenvalue weighted by Gasteiger charge is -2.34. The molecule has 34 heavy (non-hydrogen) atoms. The number of nitrogen functional groups attached to an aromatic ring is 1. The van der Waals surface area contributed by atoms with Crippen molar-refractivity contribution < 1.29 is 14.3 Å². The minimum atomic E-state index is 0. The lowest BCUT2D eigenvalue weighted by molar-refractivity contribution is 0.0786. The van der Waals surface area contributed by atoms with E-state index in [9.17, 15) is 4.79 Å². The minimum absolute atomic E-state index is 0. The zero-order chi connectivity index (χ0) is 23.1. The van der Waals surface area contributed by atoms with Gasteiger partial charge in [0.25, 0.3) is 5.91 Å². The molecule has 0 unspecified atom stereocenters. The Kier molecular flexibility index (Phi) is 6.47. The summed E-state index contributed by atoms with van der Waals surface area (Å²) in [6.07, 6.45) is 1.65. The average Bonchev–Trinajstić information content (AvgIpc) is 3.18. The minimum Gasteiger partial charge on any atom is -0.493 e. The number of hydrogen-bond acceptors (Lipinski definition) is 10. The second-order valence-electron chi connectivity index (χ2n) is 7.96. The summed E-state index contributed by atoms with van der Waals surface area (Å²) >= 11 is 0. The molecule has 3 aromatic rings. The number of aromatic nitrogens is 4. The number of hydrogen-bond donors (Lipinski definition) is 1. The predicted octanol–water partition coefficient (Wildman–Crippen LogP) is 1.74. The molecule has 5 rings (SSSR count). The van der Waals surface area contributed by atoms with Crippen molar-refractivity contribution in [3.8, 4) is 11.5 Å². The van der Waals surface area contributed by atoms with Crippen molar-refractivity contribution in [2.45, 2.75) is 13.5 Å². The van der Waals surface area contributed by atoms with E-state index in [1.54, 1.807) is 31.4 Å². The highest BCUT2D eigenvalue weighted by atomic mass is 35.5. The van der Waals surface area contributed by atoms with Gasteiger partial charge in [-0.3, -0.25) is 4.79 Å². The van der Waals surface area contributed by atoms with Gasteiger partial charge in [0.1, 0.15) is 5.82 Å². The van der Waals surface area contributed by atoms with Gasteiger partial charge in [-0.05, 0) is 13.0 Å². The van der Waals surface area contributed by atoms with Crippen LogP contribution in [0.5, 0.6) is 11.5 Å². The highest BCUT2D eigenvalue weighted by Gasteiger charge is 2.30. The maximum atomic E-state index is 12.3. The van der Waals surface area contributed by atoms with Gasteiger partial charge in [0.15, 0.2) is 11.5 Å². The monoisotopic (exact) mass is 486 g/mol. The number of amides is 1. The molecule has 1 aromatic carbocycles. The first-order valence-corrected chi connectivity index (χ1v) is 10.9. The van der Waals surface area contributed by atoms with E-state index in [0.29, 0.717) is 79.6 Å². The van der Waals surface area contributed by atoms with Crippen LogP contribution >= 0.6 is 12.4 Å². The van der Waals surface area contributed by atoms with Crippen molar-refractivity contribution in [1.29, 1.82) is 0 Å². The molecule has 2 aliphatic rings. The summed E-state index contributed by atoms with van der Waals surface area (Å²) in [7, 11) is 3.17. The highest BCUT2D eigenvalue weighted by Crippen LogP contribution is 2.34. The predicted molar refractivity (Wildman–Crippen MR) is 131 cm³/mol. The molecule has 1 fully saturated rings. The molecule has 0 atom stereocenters. The Morgan fingerprint density at radius 3 is 2.26 bits per heavy atom. The Bertz CT molecular complexity index is 1230. The van der Waals surface area contributed by atoms with Gasteiger partial charge >= 0.3 is 0 Å². The normalized spacial score (nSPS) is 15.4. The topological polar surface area (TPSA) is 123 Å². The van der Waals surface area contributed by atoms with Crippen LogP contribution in [-0.4, -0.2) is 77.7 Å². The molecule has 12 heteroatoms. The van der Waals surface area contributed by atoms with Gasteiger partial charge in [-0.25, -0.2) is 15.0 Å². The fourth-order valence-corrected chi connectivity index (χ4v) is 4.25. The van der Waals surface area contributed by atoms with Crippen LogP contribution in [-0.2, 0) is 6.54 Å². The van der Waals surface area contributed by atoms with Gasteiger partial charge in [-0.2, -0.15) is 4.98 Å². The lowest BCUT2D eigenvalue weighted by atomic mass is 10.2. The molecule has 4 heterocycles. The van der Waals surface area contributed by atoms with Crippen molar-refractivity contribution in [1.82, 2.24) is 24.8 Å². The first kappa shape index (κ1) is 23.6. The summed E-state index contributed by atoms with van der Waals surface area (Å²) in [4.78, 5) is 36.7. The largest absolute Gasteiger partial charge is 0.493 e. The summed E-state index contributed by atoms with van der Waals surface area (Å²) in [5.41, 5.74) is 8.34. The number of fused-ring (bicyclic) bond motifs is 2. The zero-order valence-electron chi connectivity index (χ0n) is 19.3. The third-order valence-electron chi connectivity index (χ3n) is 6.16. The van der Waals surface area contributed by atoms with Crippen LogP contribution in [0.3, 0.4) is 0 Å². The van der Waals surface area contributed by atoms with Gasteiger partial charge < -0.3 is 29.9 Å². The molecule has 0 bridgehead atoms. The number of rotatable bonds is 5. The first-order valence-electron chi connectivity index (χ1n) is 10.9. The fraction of sp³-hybridized carbons (Fsp3) is 0.409. The van der Waals surface area contributed by atoms with E-state index in [2.05, 4.69) is 24.8 Å². The van der Waals surface area contributed by atoms with Crippen LogP contribution in [0.2, 0.25) is 0 Å². The van der Waals surface area contributed by atoms with E-state index < -0.39 is 0 Å². The Hall–Kier alpha value is -3.60. The van der Waals surface area contributed by atoms with Crippen LogP contribution in [0, 0.1) is 0 Å². The second kappa shape index (κ2) is 9.34. The van der Waals surface area contributed by atoms with Gasteiger partial charge in [0.2, 0.25) is 11.9 Å². The standard InChI is InChI=1S/C22H26N8O3.ClH/c1-4-28-12-16-14(20(28)31)11-24-21(26-16)29-5-7-30(8-6-29)22-25-15-10-18(33-3)17(32-2)9-13(15)19(23)27-22;/h9-11H,4-8,12H2,1-3H3,(H2,23,25,27);1H. The average molecular weight is 487 g/mol. The number of nitrogens with two attached hydrogens (primary N) is 1. The van der Waals surface area contributed by atoms with E-state index in [4.69, 9.17) is 20.2 Å². The van der Waals surface area contributed by atoms with Crippen LogP contribution < -0.4 is 25.0 Å². The van der Waals surface area contributed by atoms with Crippen LogP contribution in [0.4, 0.5) is 17.7 Å². The molecule has 0 saturated carbocycles. The van der Waals surface area contributed by atoms with Crippen LogP contribution in [0.15, 0.2) is 18.3 Å². The number of piperazine rings is 1. The number of halogens is 1. The highest BCUT2D eigenvalue weighted by molar-refractivity contribution is 5.97. The molecule has 2 aromatic heterocycles. The second-order valence-corrected chi connectivity index (χ2v) is 7.96. The van der Waals surface area contributed by atoms with E-state index in [0.717, 1.165) is 11.1 Å². The van der Waals surface area contributed by atoms with Crippen molar-refractivity contribution >= 4 is 46.9 Å². The number of carbonyl (C=O) groups excluding carboxylic acids is 1. The molecule has 2 aliphatic heterocycles. The maximum Gasteiger partial charge on any atom is 0.257 e. The number of anilines is 3. The van der Waals surface area contributed by atoms with Crippen molar-refractivity contribution in [3.05, 3.63) is 29.6 Å². The molecule has 0 radical (unpaired) electrons. The quantitative estimate of drug-likeness (QED) is 0.570. The zero-order valence-corrected chi connectivity index (χ0v) is 20.1. The van der Waals surface area contributed by atoms with Crippen LogP contribution in [0.25, 0.3) is 10.9 Å². The Morgan fingerprint density at radius 2 is 1.62 bits per heavy atom. The van der Waals surface area contributed by atoms with Crippen molar-refractivity contribution in [2.24, 2.45) is 0 Å². The summed E-state index contributed by atoms with van der Waals surface area (Å²) in [6, 6.07) is 3.60. The Morgan fingerprint density at radius 1 is 0.971 bits per heavy atom. The molecule has 2 N–H and O–H groups in total. The van der Waals surface area contributed by atoms with Gasteiger partial charge in [0.05, 0.1) is 37.5 Å². The number of carbonyl (C=O) groups is 1. The molecule has 1 amide bonds. The van der Waals surface area contributed by atoms with Gasteiger partial charge in [-0.1, -0.05) is 0 Å². The summed E-state index contributed by atoms with van der Waals surface area (Å²) in [5, 5.41) is 0.720. The van der Waals surface area contributed by atoms with Gasteiger partial charge in [0, 0.05) is 50.4 Å². The maximum absolute atomic E-state index is 12.3. The summed E-state index contributed by atoms with van der Waals surface area (Å²) in [5.74, 6) is 2.79. The van der Waals surface area contributed by atoms with Crippen molar-refractivity contribution in [2.75, 3.05) is 62.5 Å². The van der Waals surface area contributed by atoms with Crippen molar-refractivity contribution in [3.63, 3.8) is 0 Å². The smallest absolute Gasteiger partial charge is 0.257 e. The molecule has 0 spiro atoms. The molecule has 11 nitrogen and oxygen atoms in total. The van der Waals surface area contributed by atoms with E-state index in [1.165, 1.54) is 0 Å². The molecular weight excluding hydrogens is 460 g/mol. The lowest BCUT2D eigenvalue weighted by Crippen LogP contribution is -2.47. The third kappa shape index (κ3) is 3.96.